The van der Waals surface area contributed by atoms with Crippen molar-refractivity contribution in [1.82, 2.24) is 4.90 Å². The molecule has 0 saturated heterocycles. The maximum atomic E-state index is 13.3. The van der Waals surface area contributed by atoms with Crippen molar-refractivity contribution in [2.75, 3.05) is 12.8 Å². The van der Waals surface area contributed by atoms with E-state index >= 15 is 0 Å². The zero-order valence-corrected chi connectivity index (χ0v) is 12.3. The van der Waals surface area contributed by atoms with E-state index in [0.29, 0.717) is 6.54 Å². The summed E-state index contributed by atoms with van der Waals surface area (Å²) < 4.78 is 13.3. The summed E-state index contributed by atoms with van der Waals surface area (Å²) in [6, 6.07) is 12.0. The molecule has 2 N–H and O–H groups in total. The molecule has 110 valence electrons. The third kappa shape index (κ3) is 3.81. The van der Waals surface area contributed by atoms with Gasteiger partial charge in [-0.3, -0.25) is 4.79 Å². The number of nitrogen functional groups attached to an aromatic ring is 1. The molecule has 0 bridgehead atoms. The average molecular weight is 286 g/mol. The SMILES string of the molecule is CCc1ccc(CN(C)C(=O)c2cc(N)cc(F)c2)cc1. The predicted molar refractivity (Wildman–Crippen MR) is 82.4 cm³/mol. The molecule has 2 rings (SSSR count). The lowest BCUT2D eigenvalue weighted by atomic mass is 10.1. The molecule has 0 aliphatic carbocycles. The fraction of sp³-hybridized carbons (Fsp3) is 0.235. The highest BCUT2D eigenvalue weighted by Crippen LogP contribution is 2.14. The monoisotopic (exact) mass is 286 g/mol. The van der Waals surface area contributed by atoms with Crippen molar-refractivity contribution in [3.63, 3.8) is 0 Å². The van der Waals surface area contributed by atoms with Gasteiger partial charge in [0.1, 0.15) is 5.82 Å². The number of amides is 1. The Hall–Kier alpha value is -2.36. The second kappa shape index (κ2) is 6.39. The first kappa shape index (κ1) is 15.0. The molecule has 0 radical (unpaired) electrons. The van der Waals surface area contributed by atoms with Gasteiger partial charge in [-0.1, -0.05) is 31.2 Å². The van der Waals surface area contributed by atoms with E-state index in [4.69, 9.17) is 5.73 Å². The van der Waals surface area contributed by atoms with Gasteiger partial charge in [0.05, 0.1) is 0 Å². The van der Waals surface area contributed by atoms with Crippen LogP contribution in [0.4, 0.5) is 10.1 Å². The van der Waals surface area contributed by atoms with Gasteiger partial charge in [0, 0.05) is 24.8 Å². The Kier molecular flexibility index (Phi) is 4.58. The molecule has 2 aromatic rings. The van der Waals surface area contributed by atoms with Gasteiger partial charge in [0.25, 0.3) is 5.91 Å². The van der Waals surface area contributed by atoms with Crippen LogP contribution in [0.2, 0.25) is 0 Å². The molecule has 0 heterocycles. The van der Waals surface area contributed by atoms with E-state index in [9.17, 15) is 9.18 Å². The molecular weight excluding hydrogens is 267 g/mol. The Morgan fingerprint density at radius 1 is 1.14 bits per heavy atom. The number of carbonyl (C=O) groups excluding carboxylic acids is 1. The van der Waals surface area contributed by atoms with Gasteiger partial charge in [-0.15, -0.1) is 0 Å². The molecule has 0 fully saturated rings. The molecule has 0 unspecified atom stereocenters. The van der Waals surface area contributed by atoms with Crippen LogP contribution in [0, 0.1) is 5.82 Å². The third-order valence-corrected chi connectivity index (χ3v) is 3.36. The molecule has 0 aliphatic heterocycles. The highest BCUT2D eigenvalue weighted by molar-refractivity contribution is 5.94. The maximum Gasteiger partial charge on any atom is 0.254 e. The number of benzene rings is 2. The minimum Gasteiger partial charge on any atom is -0.399 e. The molecule has 2 aromatic carbocycles. The van der Waals surface area contributed by atoms with Gasteiger partial charge in [-0.05, 0) is 35.7 Å². The van der Waals surface area contributed by atoms with E-state index in [1.807, 2.05) is 24.3 Å². The quantitative estimate of drug-likeness (QED) is 0.877. The summed E-state index contributed by atoms with van der Waals surface area (Å²) in [6.45, 7) is 2.57. The fourth-order valence-corrected chi connectivity index (χ4v) is 2.18. The van der Waals surface area contributed by atoms with Gasteiger partial charge in [-0.25, -0.2) is 4.39 Å². The molecule has 0 aliphatic rings. The Balaban J connectivity index is 2.11. The third-order valence-electron chi connectivity index (χ3n) is 3.36. The van der Waals surface area contributed by atoms with Crippen LogP contribution in [-0.4, -0.2) is 17.9 Å². The van der Waals surface area contributed by atoms with Crippen LogP contribution >= 0.6 is 0 Å². The standard InChI is InChI=1S/C17H19FN2O/c1-3-12-4-6-13(7-5-12)11-20(2)17(21)14-8-15(18)10-16(19)9-14/h4-10H,3,11,19H2,1-2H3. The Morgan fingerprint density at radius 3 is 2.33 bits per heavy atom. The lowest BCUT2D eigenvalue weighted by molar-refractivity contribution is 0.0784. The first-order chi connectivity index (χ1) is 9.99. The summed E-state index contributed by atoms with van der Waals surface area (Å²) in [6.07, 6.45) is 0.984. The van der Waals surface area contributed by atoms with Crippen LogP contribution in [0.25, 0.3) is 0 Å². The normalized spacial score (nSPS) is 10.4. The first-order valence-electron chi connectivity index (χ1n) is 6.89. The maximum absolute atomic E-state index is 13.3. The number of nitrogens with zero attached hydrogens (tertiary/aromatic N) is 1. The van der Waals surface area contributed by atoms with Crippen LogP contribution in [0.3, 0.4) is 0 Å². The van der Waals surface area contributed by atoms with Crippen molar-refractivity contribution in [1.29, 1.82) is 0 Å². The van der Waals surface area contributed by atoms with Crippen LogP contribution in [0.1, 0.15) is 28.4 Å². The summed E-state index contributed by atoms with van der Waals surface area (Å²) >= 11 is 0. The molecule has 0 spiro atoms. The van der Waals surface area contributed by atoms with Crippen molar-refractivity contribution in [2.24, 2.45) is 0 Å². The van der Waals surface area contributed by atoms with Crippen molar-refractivity contribution in [2.45, 2.75) is 19.9 Å². The predicted octanol–water partition coefficient (Wildman–Crippen LogP) is 3.24. The van der Waals surface area contributed by atoms with Gasteiger partial charge in [-0.2, -0.15) is 0 Å². The van der Waals surface area contributed by atoms with E-state index in [1.54, 1.807) is 11.9 Å². The van der Waals surface area contributed by atoms with Gasteiger partial charge >= 0.3 is 0 Å². The summed E-state index contributed by atoms with van der Waals surface area (Å²) in [7, 11) is 1.69. The lowest BCUT2D eigenvalue weighted by Crippen LogP contribution is -2.26. The fourth-order valence-electron chi connectivity index (χ4n) is 2.18. The Morgan fingerprint density at radius 2 is 1.76 bits per heavy atom. The van der Waals surface area contributed by atoms with Crippen molar-refractivity contribution < 1.29 is 9.18 Å². The van der Waals surface area contributed by atoms with E-state index in [-0.39, 0.29) is 17.2 Å². The van der Waals surface area contributed by atoms with E-state index in [2.05, 4.69) is 6.92 Å². The molecule has 0 aromatic heterocycles. The van der Waals surface area contributed by atoms with Crippen LogP contribution in [0.15, 0.2) is 42.5 Å². The van der Waals surface area contributed by atoms with E-state index in [0.717, 1.165) is 12.0 Å². The number of hydrogen-bond donors (Lipinski definition) is 1. The molecule has 0 saturated carbocycles. The highest BCUT2D eigenvalue weighted by atomic mass is 19.1. The van der Waals surface area contributed by atoms with Gasteiger partial charge < -0.3 is 10.6 Å². The second-order valence-corrected chi connectivity index (χ2v) is 5.10. The number of rotatable bonds is 4. The summed E-state index contributed by atoms with van der Waals surface area (Å²) in [5.41, 5.74) is 8.37. The Labute approximate surface area is 124 Å². The molecule has 21 heavy (non-hydrogen) atoms. The summed E-state index contributed by atoms with van der Waals surface area (Å²) in [4.78, 5) is 13.8. The Bertz CT molecular complexity index is 617. The molecular formula is C17H19FN2O. The zero-order chi connectivity index (χ0) is 15.4. The number of halogens is 1. The van der Waals surface area contributed by atoms with Crippen molar-refractivity contribution in [3.8, 4) is 0 Å². The van der Waals surface area contributed by atoms with E-state index in [1.165, 1.54) is 23.8 Å². The highest BCUT2D eigenvalue weighted by Gasteiger charge is 2.13. The van der Waals surface area contributed by atoms with Crippen LogP contribution in [-0.2, 0) is 13.0 Å². The van der Waals surface area contributed by atoms with Gasteiger partial charge in [0.15, 0.2) is 0 Å². The minimum atomic E-state index is -0.501. The smallest absolute Gasteiger partial charge is 0.254 e. The number of nitrogens with two attached hydrogens (primary N) is 1. The van der Waals surface area contributed by atoms with Crippen molar-refractivity contribution >= 4 is 11.6 Å². The second-order valence-electron chi connectivity index (χ2n) is 5.10. The molecule has 3 nitrogen and oxygen atoms in total. The van der Waals surface area contributed by atoms with E-state index < -0.39 is 5.82 Å². The summed E-state index contributed by atoms with van der Waals surface area (Å²) in [5, 5.41) is 0. The van der Waals surface area contributed by atoms with Crippen LogP contribution < -0.4 is 5.73 Å². The molecule has 0 atom stereocenters. The number of hydrogen-bond acceptors (Lipinski definition) is 2. The average Bonchev–Trinajstić information content (AvgIpc) is 2.46. The first-order valence-corrected chi connectivity index (χ1v) is 6.89. The molecule has 1 amide bonds. The molecule has 4 heteroatoms. The largest absolute Gasteiger partial charge is 0.399 e. The number of anilines is 1. The topological polar surface area (TPSA) is 46.3 Å². The van der Waals surface area contributed by atoms with Crippen molar-refractivity contribution in [3.05, 3.63) is 65.0 Å². The zero-order valence-electron chi connectivity index (χ0n) is 12.3. The van der Waals surface area contributed by atoms with Gasteiger partial charge in [0.2, 0.25) is 0 Å². The summed E-state index contributed by atoms with van der Waals surface area (Å²) in [5.74, 6) is -0.750. The lowest BCUT2D eigenvalue weighted by Gasteiger charge is -2.18. The minimum absolute atomic E-state index is 0.249. The number of aryl methyl sites for hydroxylation is 1. The van der Waals surface area contributed by atoms with Crippen LogP contribution in [0.5, 0.6) is 0 Å². The number of carbonyl (C=O) groups is 1.